The van der Waals surface area contributed by atoms with Gasteiger partial charge in [-0.25, -0.2) is 0 Å². The number of benzene rings is 1. The van der Waals surface area contributed by atoms with Crippen molar-refractivity contribution in [2.24, 2.45) is 0 Å². The molecule has 1 saturated carbocycles. The van der Waals surface area contributed by atoms with Crippen molar-refractivity contribution in [1.29, 1.82) is 0 Å². The van der Waals surface area contributed by atoms with Gasteiger partial charge in [-0.3, -0.25) is 24.3 Å². The SMILES string of the molecule is Cc1ccc(N(C(=O)CNC(=O)c2ccco2)[C@@H](C(=O)NC2CCCCC2)c2ccncc2)cc1. The van der Waals surface area contributed by atoms with E-state index >= 15 is 0 Å². The van der Waals surface area contributed by atoms with Crippen LogP contribution in [-0.2, 0) is 9.59 Å². The average molecular weight is 475 g/mol. The Balaban J connectivity index is 1.65. The van der Waals surface area contributed by atoms with Gasteiger partial charge in [0.05, 0.1) is 12.8 Å². The molecule has 1 atom stereocenters. The summed E-state index contributed by atoms with van der Waals surface area (Å²) in [4.78, 5) is 45.2. The van der Waals surface area contributed by atoms with E-state index in [1.807, 2.05) is 31.2 Å². The molecule has 0 spiro atoms. The predicted molar refractivity (Wildman–Crippen MR) is 132 cm³/mol. The summed E-state index contributed by atoms with van der Waals surface area (Å²) in [5.41, 5.74) is 2.23. The summed E-state index contributed by atoms with van der Waals surface area (Å²) in [6.07, 6.45) is 9.76. The molecule has 1 fully saturated rings. The smallest absolute Gasteiger partial charge is 0.287 e. The third kappa shape index (κ3) is 6.15. The molecule has 2 aromatic heterocycles. The molecule has 1 aliphatic carbocycles. The van der Waals surface area contributed by atoms with Crippen LogP contribution >= 0.6 is 0 Å². The van der Waals surface area contributed by atoms with Crippen molar-refractivity contribution in [2.45, 2.75) is 51.1 Å². The van der Waals surface area contributed by atoms with E-state index in [1.54, 1.807) is 30.6 Å². The number of hydrogen-bond acceptors (Lipinski definition) is 5. The van der Waals surface area contributed by atoms with E-state index in [4.69, 9.17) is 4.42 Å². The molecule has 3 amide bonds. The van der Waals surface area contributed by atoms with Crippen LogP contribution in [0.4, 0.5) is 5.69 Å². The fraction of sp³-hybridized carbons (Fsp3) is 0.333. The fourth-order valence-corrected chi connectivity index (χ4v) is 4.37. The van der Waals surface area contributed by atoms with Crippen molar-refractivity contribution in [2.75, 3.05) is 11.4 Å². The van der Waals surface area contributed by atoms with Gasteiger partial charge in [-0.05, 0) is 61.7 Å². The molecule has 3 aromatic rings. The lowest BCUT2D eigenvalue weighted by Gasteiger charge is -2.33. The monoisotopic (exact) mass is 474 g/mol. The first-order valence-electron chi connectivity index (χ1n) is 11.9. The van der Waals surface area contributed by atoms with Crippen LogP contribution in [0.5, 0.6) is 0 Å². The first-order chi connectivity index (χ1) is 17.0. The Morgan fingerprint density at radius 1 is 1.03 bits per heavy atom. The van der Waals surface area contributed by atoms with Crippen molar-refractivity contribution in [3.63, 3.8) is 0 Å². The van der Waals surface area contributed by atoms with Crippen molar-refractivity contribution >= 4 is 23.4 Å². The summed E-state index contributed by atoms with van der Waals surface area (Å²) < 4.78 is 5.12. The number of carbonyl (C=O) groups is 3. The molecule has 2 N–H and O–H groups in total. The molecular formula is C27H30N4O4. The maximum absolute atomic E-state index is 13.7. The number of nitrogens with one attached hydrogen (secondary N) is 2. The Bertz CT molecular complexity index is 1120. The quantitative estimate of drug-likeness (QED) is 0.515. The van der Waals surface area contributed by atoms with E-state index in [0.29, 0.717) is 11.3 Å². The van der Waals surface area contributed by atoms with Crippen LogP contribution in [0.25, 0.3) is 0 Å². The van der Waals surface area contributed by atoms with Crippen LogP contribution in [-0.4, -0.2) is 35.3 Å². The van der Waals surface area contributed by atoms with E-state index in [1.165, 1.54) is 23.7 Å². The number of anilines is 1. The van der Waals surface area contributed by atoms with Gasteiger partial charge in [0, 0.05) is 24.1 Å². The molecule has 2 heterocycles. The summed E-state index contributed by atoms with van der Waals surface area (Å²) in [6.45, 7) is 1.65. The molecule has 1 aromatic carbocycles. The van der Waals surface area contributed by atoms with Crippen molar-refractivity contribution in [1.82, 2.24) is 15.6 Å². The Morgan fingerprint density at radius 3 is 2.40 bits per heavy atom. The summed E-state index contributed by atoms with van der Waals surface area (Å²) in [5.74, 6) is -1.07. The van der Waals surface area contributed by atoms with Crippen molar-refractivity contribution in [3.8, 4) is 0 Å². The third-order valence-electron chi connectivity index (χ3n) is 6.21. The van der Waals surface area contributed by atoms with Gasteiger partial charge in [0.1, 0.15) is 6.04 Å². The molecule has 35 heavy (non-hydrogen) atoms. The normalized spacial score (nSPS) is 14.7. The van der Waals surface area contributed by atoms with E-state index < -0.39 is 17.9 Å². The second-order valence-electron chi connectivity index (χ2n) is 8.79. The van der Waals surface area contributed by atoms with Crippen LogP contribution in [0.1, 0.15) is 59.8 Å². The van der Waals surface area contributed by atoms with Crippen LogP contribution < -0.4 is 15.5 Å². The summed E-state index contributed by atoms with van der Waals surface area (Å²) in [6, 6.07) is 13.2. The zero-order valence-corrected chi connectivity index (χ0v) is 19.8. The number of hydrogen-bond donors (Lipinski definition) is 2. The number of carbonyl (C=O) groups excluding carboxylic acids is 3. The molecule has 0 bridgehead atoms. The Morgan fingerprint density at radius 2 is 1.74 bits per heavy atom. The highest BCUT2D eigenvalue weighted by Gasteiger charge is 2.34. The average Bonchev–Trinajstić information content (AvgIpc) is 3.43. The lowest BCUT2D eigenvalue weighted by atomic mass is 9.94. The Labute approximate surface area is 204 Å². The number of furan rings is 1. The number of nitrogens with zero attached hydrogens (tertiary/aromatic N) is 2. The maximum atomic E-state index is 13.7. The van der Waals surface area contributed by atoms with Gasteiger partial charge in [0.15, 0.2) is 5.76 Å². The van der Waals surface area contributed by atoms with Crippen LogP contribution in [0.15, 0.2) is 71.6 Å². The lowest BCUT2D eigenvalue weighted by Crippen LogP contribution is -2.49. The molecule has 0 radical (unpaired) electrons. The summed E-state index contributed by atoms with van der Waals surface area (Å²) in [7, 11) is 0. The minimum Gasteiger partial charge on any atom is -0.459 e. The van der Waals surface area contributed by atoms with Crippen LogP contribution in [0, 0.1) is 6.92 Å². The third-order valence-corrected chi connectivity index (χ3v) is 6.21. The van der Waals surface area contributed by atoms with Crippen molar-refractivity contribution in [3.05, 3.63) is 84.1 Å². The zero-order chi connectivity index (χ0) is 24.6. The second-order valence-corrected chi connectivity index (χ2v) is 8.79. The molecule has 182 valence electrons. The van der Waals surface area contributed by atoms with Gasteiger partial charge in [0.2, 0.25) is 11.8 Å². The number of aryl methyl sites for hydroxylation is 1. The summed E-state index contributed by atoms with van der Waals surface area (Å²) >= 11 is 0. The van der Waals surface area contributed by atoms with Gasteiger partial charge in [-0.15, -0.1) is 0 Å². The number of rotatable bonds is 8. The van der Waals surface area contributed by atoms with Crippen molar-refractivity contribution < 1.29 is 18.8 Å². The number of aromatic nitrogens is 1. The predicted octanol–water partition coefficient (Wildman–Crippen LogP) is 3.94. The van der Waals surface area contributed by atoms with E-state index in [9.17, 15) is 14.4 Å². The molecule has 8 heteroatoms. The minimum absolute atomic E-state index is 0.0780. The molecular weight excluding hydrogens is 444 g/mol. The molecule has 4 rings (SSSR count). The van der Waals surface area contributed by atoms with E-state index in [2.05, 4.69) is 15.6 Å². The molecule has 0 unspecified atom stereocenters. The minimum atomic E-state index is -0.921. The van der Waals surface area contributed by atoms with Gasteiger partial charge in [0.25, 0.3) is 5.91 Å². The van der Waals surface area contributed by atoms with E-state index in [0.717, 1.165) is 31.2 Å². The van der Waals surface area contributed by atoms with Gasteiger partial charge in [-0.1, -0.05) is 37.0 Å². The molecule has 1 aliphatic rings. The lowest BCUT2D eigenvalue weighted by molar-refractivity contribution is -0.127. The highest BCUT2D eigenvalue weighted by Crippen LogP contribution is 2.29. The maximum Gasteiger partial charge on any atom is 0.287 e. The zero-order valence-electron chi connectivity index (χ0n) is 19.8. The number of pyridine rings is 1. The van der Waals surface area contributed by atoms with Gasteiger partial charge >= 0.3 is 0 Å². The Hall–Kier alpha value is -3.94. The first kappa shape index (κ1) is 24.2. The highest BCUT2D eigenvalue weighted by atomic mass is 16.3. The highest BCUT2D eigenvalue weighted by molar-refractivity contribution is 6.04. The van der Waals surface area contributed by atoms with Crippen LogP contribution in [0.2, 0.25) is 0 Å². The van der Waals surface area contributed by atoms with E-state index in [-0.39, 0.29) is 24.3 Å². The van der Waals surface area contributed by atoms with Crippen LogP contribution in [0.3, 0.4) is 0 Å². The molecule has 0 aliphatic heterocycles. The second kappa shape index (κ2) is 11.5. The Kier molecular flexibility index (Phi) is 7.92. The first-order valence-corrected chi connectivity index (χ1v) is 11.9. The molecule has 8 nitrogen and oxygen atoms in total. The van der Waals surface area contributed by atoms with Gasteiger partial charge in [-0.2, -0.15) is 0 Å². The largest absolute Gasteiger partial charge is 0.459 e. The van der Waals surface area contributed by atoms with Gasteiger partial charge < -0.3 is 15.1 Å². The fourth-order valence-electron chi connectivity index (χ4n) is 4.37. The number of amides is 3. The summed E-state index contributed by atoms with van der Waals surface area (Å²) in [5, 5.41) is 5.77. The topological polar surface area (TPSA) is 105 Å². The standard InChI is InChI=1S/C27H30N4O4/c1-19-9-11-22(12-10-19)31(24(32)18-29-26(33)23-8-5-17-35-23)25(20-13-15-28-16-14-20)27(34)30-21-6-3-2-4-7-21/h5,8-17,21,25H,2-4,6-7,18H2,1H3,(H,29,33)(H,30,34)/t25-/m1/s1. The molecule has 0 saturated heterocycles.